The summed E-state index contributed by atoms with van der Waals surface area (Å²) in [5.74, 6) is 0. The molecule has 18 heavy (non-hydrogen) atoms. The topological polar surface area (TPSA) is 38.5 Å². The zero-order chi connectivity index (χ0) is 13.1. The van der Waals surface area contributed by atoms with E-state index in [1.54, 1.807) is 0 Å². The van der Waals surface area contributed by atoms with Gasteiger partial charge in [0.1, 0.15) is 11.1 Å². The van der Waals surface area contributed by atoms with Gasteiger partial charge in [0.2, 0.25) is 0 Å². The molecule has 1 aromatic carbocycles. The zero-order valence-electron chi connectivity index (χ0n) is 11.0. The summed E-state index contributed by atoms with van der Waals surface area (Å²) in [5.41, 5.74) is 9.75. The average Bonchev–Trinajstić information content (AvgIpc) is 2.34. The van der Waals surface area contributed by atoms with Crippen LogP contribution in [0.4, 0.5) is 0 Å². The maximum Gasteiger partial charge on any atom is 0.120 e. The lowest BCUT2D eigenvalue weighted by Gasteiger charge is -2.33. The van der Waals surface area contributed by atoms with E-state index < -0.39 is 0 Å². The van der Waals surface area contributed by atoms with Gasteiger partial charge in [-0.05, 0) is 30.5 Å². The number of aryl methyl sites for hydroxylation is 2. The third kappa shape index (κ3) is 3.07. The highest BCUT2D eigenvalue weighted by molar-refractivity contribution is 7.80. The van der Waals surface area contributed by atoms with E-state index >= 15 is 0 Å². The molecular weight excluding hydrogens is 244 g/mol. The Labute approximate surface area is 114 Å². The molecule has 0 spiro atoms. The molecule has 1 fully saturated rings. The second-order valence-corrected chi connectivity index (χ2v) is 5.34. The number of thiocarbonyl (C=S) groups is 1. The minimum atomic E-state index is -0.0990. The number of morpholine rings is 1. The first-order valence-corrected chi connectivity index (χ1v) is 6.67. The Morgan fingerprint density at radius 3 is 2.72 bits per heavy atom. The van der Waals surface area contributed by atoms with Crippen LogP contribution in [0.2, 0.25) is 0 Å². The number of benzene rings is 1. The fourth-order valence-electron chi connectivity index (χ4n) is 2.34. The molecule has 2 rings (SSSR count). The van der Waals surface area contributed by atoms with Gasteiger partial charge in [-0.25, -0.2) is 0 Å². The molecule has 1 heterocycles. The number of nitrogens with zero attached hydrogens (tertiary/aromatic N) is 1. The van der Waals surface area contributed by atoms with E-state index in [0.717, 1.165) is 19.6 Å². The first-order chi connectivity index (χ1) is 8.58. The quantitative estimate of drug-likeness (QED) is 0.845. The van der Waals surface area contributed by atoms with E-state index in [2.05, 4.69) is 36.9 Å². The van der Waals surface area contributed by atoms with Crippen molar-refractivity contribution in [2.45, 2.75) is 26.5 Å². The van der Waals surface area contributed by atoms with E-state index in [0.29, 0.717) is 11.6 Å². The zero-order valence-corrected chi connectivity index (χ0v) is 11.8. The second-order valence-electron chi connectivity index (χ2n) is 4.87. The predicted molar refractivity (Wildman–Crippen MR) is 77.7 cm³/mol. The summed E-state index contributed by atoms with van der Waals surface area (Å²) >= 11 is 5.01. The highest BCUT2D eigenvalue weighted by atomic mass is 32.1. The summed E-state index contributed by atoms with van der Waals surface area (Å²) in [7, 11) is 0. The minimum Gasteiger partial charge on any atom is -0.391 e. The third-order valence-electron chi connectivity index (χ3n) is 3.49. The van der Waals surface area contributed by atoms with Crippen LogP contribution in [0.25, 0.3) is 0 Å². The van der Waals surface area contributed by atoms with E-state index in [-0.39, 0.29) is 6.10 Å². The van der Waals surface area contributed by atoms with Gasteiger partial charge in [0.25, 0.3) is 0 Å². The standard InChI is InChI=1S/C14H20N2OS/c1-10-4-3-5-11(2)12(10)8-16-6-7-17-13(9-16)14(15)18/h3-5,13H,6-9H2,1-2H3,(H2,15,18). The summed E-state index contributed by atoms with van der Waals surface area (Å²) < 4.78 is 5.56. The Balaban J connectivity index is 2.07. The molecular formula is C14H20N2OS. The van der Waals surface area contributed by atoms with Crippen molar-refractivity contribution in [3.8, 4) is 0 Å². The predicted octanol–water partition coefficient (Wildman–Crippen LogP) is 1.79. The van der Waals surface area contributed by atoms with E-state index in [1.807, 2.05) is 0 Å². The molecule has 1 aliphatic rings. The van der Waals surface area contributed by atoms with Crippen LogP contribution in [0.5, 0.6) is 0 Å². The van der Waals surface area contributed by atoms with Gasteiger partial charge < -0.3 is 10.5 Å². The first kappa shape index (κ1) is 13.5. The molecule has 0 aliphatic carbocycles. The van der Waals surface area contributed by atoms with Crippen molar-refractivity contribution in [3.63, 3.8) is 0 Å². The fraction of sp³-hybridized carbons (Fsp3) is 0.500. The summed E-state index contributed by atoms with van der Waals surface area (Å²) in [6, 6.07) is 6.42. The molecule has 0 saturated carbocycles. The molecule has 0 bridgehead atoms. The number of ether oxygens (including phenoxy) is 1. The number of nitrogens with two attached hydrogens (primary N) is 1. The fourth-order valence-corrected chi connectivity index (χ4v) is 2.48. The van der Waals surface area contributed by atoms with Crippen molar-refractivity contribution < 1.29 is 4.74 Å². The number of hydrogen-bond acceptors (Lipinski definition) is 3. The molecule has 0 amide bonds. The van der Waals surface area contributed by atoms with Gasteiger partial charge in [-0.2, -0.15) is 0 Å². The van der Waals surface area contributed by atoms with Crippen LogP contribution < -0.4 is 5.73 Å². The van der Waals surface area contributed by atoms with Gasteiger partial charge in [-0.3, -0.25) is 4.90 Å². The van der Waals surface area contributed by atoms with Gasteiger partial charge >= 0.3 is 0 Å². The smallest absolute Gasteiger partial charge is 0.120 e. The van der Waals surface area contributed by atoms with Crippen LogP contribution in [-0.4, -0.2) is 35.7 Å². The van der Waals surface area contributed by atoms with Crippen LogP contribution in [-0.2, 0) is 11.3 Å². The van der Waals surface area contributed by atoms with E-state index in [1.165, 1.54) is 16.7 Å². The van der Waals surface area contributed by atoms with Gasteiger partial charge in [0.05, 0.1) is 6.61 Å². The van der Waals surface area contributed by atoms with Crippen molar-refractivity contribution in [1.29, 1.82) is 0 Å². The Hall–Kier alpha value is -0.970. The maximum atomic E-state index is 5.66. The van der Waals surface area contributed by atoms with Crippen LogP contribution in [0.3, 0.4) is 0 Å². The monoisotopic (exact) mass is 264 g/mol. The van der Waals surface area contributed by atoms with Crippen molar-refractivity contribution >= 4 is 17.2 Å². The van der Waals surface area contributed by atoms with Crippen LogP contribution in [0, 0.1) is 13.8 Å². The normalized spacial score (nSPS) is 20.9. The van der Waals surface area contributed by atoms with Gasteiger partial charge in [-0.1, -0.05) is 30.4 Å². The van der Waals surface area contributed by atoms with E-state index in [4.69, 9.17) is 22.7 Å². The highest BCUT2D eigenvalue weighted by Gasteiger charge is 2.23. The lowest BCUT2D eigenvalue weighted by atomic mass is 10.0. The summed E-state index contributed by atoms with van der Waals surface area (Å²) in [6.45, 7) is 7.70. The Kier molecular flexibility index (Phi) is 4.32. The SMILES string of the molecule is Cc1cccc(C)c1CN1CCOC(C(N)=S)C1. The van der Waals surface area contributed by atoms with Crippen LogP contribution in [0.1, 0.15) is 16.7 Å². The largest absolute Gasteiger partial charge is 0.391 e. The molecule has 1 aliphatic heterocycles. The molecule has 1 unspecified atom stereocenters. The van der Waals surface area contributed by atoms with Crippen LogP contribution >= 0.6 is 12.2 Å². The molecule has 1 aromatic rings. The summed E-state index contributed by atoms with van der Waals surface area (Å²) in [5, 5.41) is 0. The molecule has 2 N–H and O–H groups in total. The number of hydrogen-bond donors (Lipinski definition) is 1. The maximum absolute atomic E-state index is 5.66. The molecule has 3 nitrogen and oxygen atoms in total. The van der Waals surface area contributed by atoms with Crippen LogP contribution in [0.15, 0.2) is 18.2 Å². The molecule has 1 atom stereocenters. The lowest BCUT2D eigenvalue weighted by Crippen LogP contribution is -2.47. The summed E-state index contributed by atoms with van der Waals surface area (Å²) in [6.07, 6.45) is -0.0990. The summed E-state index contributed by atoms with van der Waals surface area (Å²) in [4.78, 5) is 2.82. The first-order valence-electron chi connectivity index (χ1n) is 6.26. The highest BCUT2D eigenvalue weighted by Crippen LogP contribution is 2.17. The van der Waals surface area contributed by atoms with Crippen molar-refractivity contribution in [1.82, 2.24) is 4.90 Å². The van der Waals surface area contributed by atoms with E-state index in [9.17, 15) is 0 Å². The van der Waals surface area contributed by atoms with Gasteiger partial charge in [0.15, 0.2) is 0 Å². The molecule has 0 aromatic heterocycles. The molecule has 1 saturated heterocycles. The van der Waals surface area contributed by atoms with Crippen molar-refractivity contribution in [2.24, 2.45) is 5.73 Å². The third-order valence-corrected chi connectivity index (χ3v) is 3.76. The van der Waals surface area contributed by atoms with Gasteiger partial charge in [0, 0.05) is 19.6 Å². The van der Waals surface area contributed by atoms with Crippen molar-refractivity contribution in [2.75, 3.05) is 19.7 Å². The molecule has 98 valence electrons. The van der Waals surface area contributed by atoms with Gasteiger partial charge in [-0.15, -0.1) is 0 Å². The Bertz CT molecular complexity index is 427. The Morgan fingerprint density at radius 2 is 2.11 bits per heavy atom. The average molecular weight is 264 g/mol. The minimum absolute atomic E-state index is 0.0990. The second kappa shape index (κ2) is 5.78. The Morgan fingerprint density at radius 1 is 1.44 bits per heavy atom. The lowest BCUT2D eigenvalue weighted by molar-refractivity contribution is 0.00377. The van der Waals surface area contributed by atoms with Crippen molar-refractivity contribution in [3.05, 3.63) is 34.9 Å². The number of rotatable bonds is 3. The molecule has 0 radical (unpaired) electrons. The molecule has 4 heteroatoms.